The predicted molar refractivity (Wildman–Crippen MR) is 58.1 cm³/mol. The van der Waals surface area contributed by atoms with Crippen LogP contribution in [0.15, 0.2) is 23.0 Å². The molecule has 0 aliphatic carbocycles. The lowest BCUT2D eigenvalue weighted by atomic mass is 10.1. The van der Waals surface area contributed by atoms with Crippen LogP contribution in [-0.4, -0.2) is 20.9 Å². The van der Waals surface area contributed by atoms with Crippen LogP contribution in [0.3, 0.4) is 0 Å². The number of aromatic nitrogens is 2. The van der Waals surface area contributed by atoms with E-state index in [1.165, 1.54) is 22.2 Å². The van der Waals surface area contributed by atoms with E-state index in [1.807, 2.05) is 16.8 Å². The van der Waals surface area contributed by atoms with Crippen LogP contribution in [0.25, 0.3) is 11.3 Å². The highest BCUT2D eigenvalue weighted by molar-refractivity contribution is 7.08. The molecule has 16 heavy (non-hydrogen) atoms. The highest BCUT2D eigenvalue weighted by Gasteiger charge is 2.16. The third-order valence-corrected chi connectivity index (χ3v) is 2.70. The number of carboxylic acid groups (broad SMARTS) is 1. The molecule has 1 N–H and O–H groups in total. The maximum absolute atomic E-state index is 11.0. The topological polar surface area (TPSA) is 78.9 Å². The van der Waals surface area contributed by atoms with Crippen LogP contribution in [0.1, 0.15) is 10.4 Å². The van der Waals surface area contributed by atoms with E-state index in [4.69, 9.17) is 10.4 Å². The third kappa shape index (κ3) is 1.81. The van der Waals surface area contributed by atoms with E-state index < -0.39 is 5.97 Å². The molecule has 0 aliphatic rings. The number of nitrogens with zero attached hydrogens (tertiary/aromatic N) is 3. The average Bonchev–Trinajstić information content (AvgIpc) is 2.83. The monoisotopic (exact) mass is 233 g/mol. The lowest BCUT2D eigenvalue weighted by Gasteiger charge is -1.92. The number of aromatic carboxylic acids is 1. The van der Waals surface area contributed by atoms with Gasteiger partial charge >= 0.3 is 5.97 Å². The van der Waals surface area contributed by atoms with E-state index in [0.717, 1.165) is 5.56 Å². The van der Waals surface area contributed by atoms with E-state index in [0.29, 0.717) is 5.69 Å². The van der Waals surface area contributed by atoms with Gasteiger partial charge in [0.2, 0.25) is 0 Å². The van der Waals surface area contributed by atoms with E-state index in [9.17, 15) is 4.79 Å². The Morgan fingerprint density at radius 3 is 3.06 bits per heavy atom. The Bertz CT molecular complexity index is 551. The quantitative estimate of drug-likeness (QED) is 0.877. The minimum Gasteiger partial charge on any atom is -0.478 e. The van der Waals surface area contributed by atoms with Crippen molar-refractivity contribution in [1.29, 1.82) is 5.26 Å². The number of carbonyl (C=O) groups is 1. The zero-order valence-corrected chi connectivity index (χ0v) is 8.94. The van der Waals surface area contributed by atoms with Crippen LogP contribution in [0, 0.1) is 11.3 Å². The van der Waals surface area contributed by atoms with Crippen LogP contribution in [-0.2, 0) is 6.54 Å². The van der Waals surface area contributed by atoms with Gasteiger partial charge < -0.3 is 5.11 Å². The van der Waals surface area contributed by atoms with Gasteiger partial charge in [0.05, 0.1) is 6.07 Å². The predicted octanol–water partition coefficient (Wildman–Crippen LogP) is 1.83. The van der Waals surface area contributed by atoms with Crippen LogP contribution in [0.5, 0.6) is 0 Å². The summed E-state index contributed by atoms with van der Waals surface area (Å²) in [5, 5.41) is 25.3. The first-order chi connectivity index (χ1) is 7.72. The highest BCUT2D eigenvalue weighted by Crippen LogP contribution is 2.24. The van der Waals surface area contributed by atoms with Gasteiger partial charge in [-0.3, -0.25) is 4.68 Å². The van der Waals surface area contributed by atoms with E-state index in [1.54, 1.807) is 6.07 Å². The second kappa shape index (κ2) is 4.16. The summed E-state index contributed by atoms with van der Waals surface area (Å²) in [4.78, 5) is 11.0. The van der Waals surface area contributed by atoms with Crippen LogP contribution < -0.4 is 0 Å². The standard InChI is InChI=1S/C10H7N3O2S/c11-2-3-13-5-8(10(14)15)9(12-13)7-1-4-16-6-7/h1,4-6H,3H2,(H,14,15). The van der Waals surface area contributed by atoms with Crippen LogP contribution in [0.2, 0.25) is 0 Å². The van der Waals surface area contributed by atoms with Gasteiger partial charge in [0.1, 0.15) is 17.8 Å². The molecule has 2 aromatic rings. The zero-order chi connectivity index (χ0) is 11.5. The Kier molecular flexibility index (Phi) is 2.70. The second-order valence-corrected chi connectivity index (χ2v) is 3.84. The summed E-state index contributed by atoms with van der Waals surface area (Å²) in [6.07, 6.45) is 1.37. The van der Waals surface area contributed by atoms with Crippen LogP contribution in [0.4, 0.5) is 0 Å². The van der Waals surface area contributed by atoms with E-state index in [-0.39, 0.29) is 12.1 Å². The molecule has 0 saturated heterocycles. The molecule has 0 unspecified atom stereocenters. The molecule has 0 fully saturated rings. The molecule has 0 radical (unpaired) electrons. The van der Waals surface area contributed by atoms with Crippen molar-refractivity contribution in [3.05, 3.63) is 28.6 Å². The lowest BCUT2D eigenvalue weighted by molar-refractivity contribution is 0.0697. The second-order valence-electron chi connectivity index (χ2n) is 3.06. The molecule has 2 heterocycles. The van der Waals surface area contributed by atoms with Gasteiger partial charge in [0.15, 0.2) is 0 Å². The smallest absolute Gasteiger partial charge is 0.339 e. The zero-order valence-electron chi connectivity index (χ0n) is 8.12. The number of nitriles is 1. The normalized spacial score (nSPS) is 9.94. The Balaban J connectivity index is 2.51. The van der Waals surface area contributed by atoms with Gasteiger partial charge in [-0.2, -0.15) is 21.7 Å². The largest absolute Gasteiger partial charge is 0.478 e. The lowest BCUT2D eigenvalue weighted by Crippen LogP contribution is -1.96. The fourth-order valence-corrected chi connectivity index (χ4v) is 1.98. The molecule has 0 aliphatic heterocycles. The van der Waals surface area contributed by atoms with Crippen molar-refractivity contribution in [2.45, 2.75) is 6.54 Å². The molecule has 6 heteroatoms. The van der Waals surface area contributed by atoms with Crippen molar-refractivity contribution in [3.8, 4) is 17.3 Å². The number of hydrogen-bond donors (Lipinski definition) is 1. The SMILES string of the molecule is N#CCn1cc(C(=O)O)c(-c2ccsc2)n1. The summed E-state index contributed by atoms with van der Waals surface area (Å²) < 4.78 is 1.33. The molecule has 2 aromatic heterocycles. The molecule has 0 atom stereocenters. The van der Waals surface area contributed by atoms with Crippen molar-refractivity contribution in [3.63, 3.8) is 0 Å². The maximum atomic E-state index is 11.0. The Morgan fingerprint density at radius 1 is 1.69 bits per heavy atom. The average molecular weight is 233 g/mol. The molecule has 0 saturated carbocycles. The summed E-state index contributed by atoms with van der Waals surface area (Å²) >= 11 is 1.47. The third-order valence-electron chi connectivity index (χ3n) is 2.02. The first-order valence-electron chi connectivity index (χ1n) is 4.42. The molecule has 0 aromatic carbocycles. The molecular formula is C10H7N3O2S. The summed E-state index contributed by atoms with van der Waals surface area (Å²) in [7, 11) is 0. The van der Waals surface area contributed by atoms with E-state index >= 15 is 0 Å². The first kappa shape index (κ1) is 10.4. The summed E-state index contributed by atoms with van der Waals surface area (Å²) in [5.74, 6) is -1.04. The van der Waals surface area contributed by atoms with Crippen molar-refractivity contribution < 1.29 is 9.90 Å². The minimum absolute atomic E-state index is 0.0460. The van der Waals surface area contributed by atoms with Crippen molar-refractivity contribution in [1.82, 2.24) is 9.78 Å². The van der Waals surface area contributed by atoms with Crippen molar-refractivity contribution in [2.75, 3.05) is 0 Å². The Labute approximate surface area is 95.2 Å². The van der Waals surface area contributed by atoms with Gasteiger partial charge in [-0.25, -0.2) is 4.79 Å². The van der Waals surface area contributed by atoms with Gasteiger partial charge in [0.25, 0.3) is 0 Å². The van der Waals surface area contributed by atoms with Crippen LogP contribution >= 0.6 is 11.3 Å². The fourth-order valence-electron chi connectivity index (χ4n) is 1.34. The number of thiophene rings is 1. The summed E-state index contributed by atoms with van der Waals surface area (Å²) in [6, 6.07) is 3.72. The molecule has 0 bridgehead atoms. The van der Waals surface area contributed by atoms with Crippen molar-refractivity contribution >= 4 is 17.3 Å². The maximum Gasteiger partial charge on any atom is 0.339 e. The first-order valence-corrected chi connectivity index (χ1v) is 5.37. The van der Waals surface area contributed by atoms with Gasteiger partial charge in [-0.15, -0.1) is 0 Å². The number of rotatable bonds is 3. The molecule has 0 spiro atoms. The van der Waals surface area contributed by atoms with Crippen molar-refractivity contribution in [2.24, 2.45) is 0 Å². The molecule has 5 nitrogen and oxygen atoms in total. The molecule has 0 amide bonds. The fraction of sp³-hybridized carbons (Fsp3) is 0.100. The molecule has 2 rings (SSSR count). The number of hydrogen-bond acceptors (Lipinski definition) is 4. The number of carboxylic acids is 1. The van der Waals surface area contributed by atoms with E-state index in [2.05, 4.69) is 5.10 Å². The molecule has 80 valence electrons. The summed E-state index contributed by atoms with van der Waals surface area (Å²) in [5.41, 5.74) is 1.29. The Morgan fingerprint density at radius 2 is 2.50 bits per heavy atom. The minimum atomic E-state index is -1.04. The summed E-state index contributed by atoms with van der Waals surface area (Å²) in [6.45, 7) is 0.0460. The van der Waals surface area contributed by atoms with Gasteiger partial charge in [-0.05, 0) is 11.4 Å². The van der Waals surface area contributed by atoms with Gasteiger partial charge in [-0.1, -0.05) is 0 Å². The Hall–Kier alpha value is -2.13. The molecular weight excluding hydrogens is 226 g/mol. The highest BCUT2D eigenvalue weighted by atomic mass is 32.1. The van der Waals surface area contributed by atoms with Gasteiger partial charge in [0, 0.05) is 17.1 Å².